The first kappa shape index (κ1) is 16.3. The summed E-state index contributed by atoms with van der Waals surface area (Å²) in [6.45, 7) is 0.410. The number of halogens is 1. The summed E-state index contributed by atoms with van der Waals surface area (Å²) in [7, 11) is 2.91. The van der Waals surface area contributed by atoms with Gasteiger partial charge in [-0.25, -0.2) is 5.48 Å². The van der Waals surface area contributed by atoms with E-state index in [0.717, 1.165) is 10.0 Å². The number of hydroxylamine groups is 1. The van der Waals surface area contributed by atoms with Gasteiger partial charge >= 0.3 is 0 Å². The number of hydrogen-bond donors (Lipinski definition) is 1. The SMILES string of the molecule is CONC(=O)c1ccc(OCc2ccc(Br)cc2)c(OC)c1. The summed E-state index contributed by atoms with van der Waals surface area (Å²) in [5.74, 6) is 0.709. The Bertz CT molecular complexity index is 643. The third-order valence-corrected chi connectivity index (χ3v) is 3.46. The van der Waals surface area contributed by atoms with Crippen LogP contribution in [-0.4, -0.2) is 20.1 Å². The van der Waals surface area contributed by atoms with Crippen molar-refractivity contribution in [3.8, 4) is 11.5 Å². The van der Waals surface area contributed by atoms with E-state index in [1.54, 1.807) is 18.2 Å². The van der Waals surface area contributed by atoms with Gasteiger partial charge < -0.3 is 9.47 Å². The Balaban J connectivity index is 2.10. The van der Waals surface area contributed by atoms with E-state index in [4.69, 9.17) is 9.47 Å². The predicted molar refractivity (Wildman–Crippen MR) is 85.9 cm³/mol. The van der Waals surface area contributed by atoms with E-state index < -0.39 is 0 Å². The zero-order valence-electron chi connectivity index (χ0n) is 12.3. The summed E-state index contributed by atoms with van der Waals surface area (Å²) >= 11 is 3.39. The summed E-state index contributed by atoms with van der Waals surface area (Å²) in [5.41, 5.74) is 3.72. The smallest absolute Gasteiger partial charge is 0.274 e. The molecule has 0 aliphatic carbocycles. The maximum absolute atomic E-state index is 11.7. The molecule has 0 aliphatic rings. The Hall–Kier alpha value is -2.05. The van der Waals surface area contributed by atoms with Crippen LogP contribution in [0.15, 0.2) is 46.9 Å². The highest BCUT2D eigenvalue weighted by molar-refractivity contribution is 9.10. The lowest BCUT2D eigenvalue weighted by Crippen LogP contribution is -2.21. The molecule has 0 aromatic heterocycles. The highest BCUT2D eigenvalue weighted by Crippen LogP contribution is 2.29. The number of hydrogen-bond acceptors (Lipinski definition) is 4. The van der Waals surface area contributed by atoms with Crippen molar-refractivity contribution in [3.63, 3.8) is 0 Å². The topological polar surface area (TPSA) is 56.8 Å². The minimum atomic E-state index is -0.347. The Morgan fingerprint density at radius 2 is 1.82 bits per heavy atom. The van der Waals surface area contributed by atoms with Crippen LogP contribution in [0.4, 0.5) is 0 Å². The molecule has 0 atom stereocenters. The Morgan fingerprint density at radius 1 is 1.09 bits per heavy atom. The lowest BCUT2D eigenvalue weighted by molar-refractivity contribution is 0.0537. The van der Waals surface area contributed by atoms with E-state index in [9.17, 15) is 4.79 Å². The van der Waals surface area contributed by atoms with E-state index in [1.807, 2.05) is 24.3 Å². The maximum atomic E-state index is 11.7. The van der Waals surface area contributed by atoms with Crippen molar-refractivity contribution < 1.29 is 19.1 Å². The number of methoxy groups -OCH3 is 1. The van der Waals surface area contributed by atoms with Crippen LogP contribution in [0.3, 0.4) is 0 Å². The third kappa shape index (κ3) is 4.22. The summed E-state index contributed by atoms with van der Waals surface area (Å²) in [5, 5.41) is 0. The van der Waals surface area contributed by atoms with Crippen molar-refractivity contribution >= 4 is 21.8 Å². The van der Waals surface area contributed by atoms with E-state index >= 15 is 0 Å². The number of nitrogens with one attached hydrogen (secondary N) is 1. The van der Waals surface area contributed by atoms with Crippen LogP contribution >= 0.6 is 15.9 Å². The molecular formula is C16H16BrNO4. The second kappa shape index (κ2) is 7.82. The first-order chi connectivity index (χ1) is 10.6. The normalized spacial score (nSPS) is 10.1. The molecule has 2 rings (SSSR count). The van der Waals surface area contributed by atoms with Crippen LogP contribution in [0.2, 0.25) is 0 Å². The number of ether oxygens (including phenoxy) is 2. The van der Waals surface area contributed by atoms with E-state index in [0.29, 0.717) is 23.7 Å². The molecule has 1 amide bonds. The molecule has 22 heavy (non-hydrogen) atoms. The summed E-state index contributed by atoms with van der Waals surface area (Å²) in [4.78, 5) is 16.3. The van der Waals surface area contributed by atoms with Gasteiger partial charge in [0.05, 0.1) is 14.2 Å². The van der Waals surface area contributed by atoms with Crippen molar-refractivity contribution in [1.29, 1.82) is 0 Å². The molecule has 0 saturated heterocycles. The van der Waals surface area contributed by atoms with Crippen molar-refractivity contribution in [3.05, 3.63) is 58.1 Å². The Morgan fingerprint density at radius 3 is 2.45 bits per heavy atom. The van der Waals surface area contributed by atoms with Gasteiger partial charge in [0.25, 0.3) is 5.91 Å². The molecule has 5 nitrogen and oxygen atoms in total. The second-order valence-corrected chi connectivity index (χ2v) is 5.33. The Kier molecular flexibility index (Phi) is 5.80. The monoisotopic (exact) mass is 365 g/mol. The maximum Gasteiger partial charge on any atom is 0.274 e. The lowest BCUT2D eigenvalue weighted by Gasteiger charge is -2.12. The highest BCUT2D eigenvalue weighted by Gasteiger charge is 2.11. The average molecular weight is 366 g/mol. The van der Waals surface area contributed by atoms with Gasteiger partial charge in [-0.2, -0.15) is 0 Å². The van der Waals surface area contributed by atoms with Gasteiger partial charge in [-0.3, -0.25) is 9.63 Å². The summed E-state index contributed by atoms with van der Waals surface area (Å²) in [6.07, 6.45) is 0. The molecule has 0 fully saturated rings. The fourth-order valence-corrected chi connectivity index (χ4v) is 2.09. The fourth-order valence-electron chi connectivity index (χ4n) is 1.82. The fraction of sp³-hybridized carbons (Fsp3) is 0.188. The first-order valence-electron chi connectivity index (χ1n) is 6.52. The molecule has 116 valence electrons. The molecule has 1 N–H and O–H groups in total. The quantitative estimate of drug-likeness (QED) is 0.797. The summed E-state index contributed by atoms with van der Waals surface area (Å²) < 4.78 is 12.0. The number of carbonyl (C=O) groups excluding carboxylic acids is 1. The number of amides is 1. The average Bonchev–Trinajstić information content (AvgIpc) is 2.54. The van der Waals surface area contributed by atoms with Gasteiger partial charge in [0.1, 0.15) is 6.61 Å². The van der Waals surface area contributed by atoms with Crippen molar-refractivity contribution in [2.75, 3.05) is 14.2 Å². The van der Waals surface area contributed by atoms with Crippen molar-refractivity contribution in [1.82, 2.24) is 5.48 Å². The number of benzene rings is 2. The molecular weight excluding hydrogens is 350 g/mol. The molecule has 0 spiro atoms. The van der Waals surface area contributed by atoms with E-state index in [2.05, 4.69) is 26.2 Å². The molecule has 2 aromatic carbocycles. The van der Waals surface area contributed by atoms with Crippen molar-refractivity contribution in [2.45, 2.75) is 6.61 Å². The van der Waals surface area contributed by atoms with Crippen LogP contribution in [0.25, 0.3) is 0 Å². The van der Waals surface area contributed by atoms with Gasteiger partial charge in [-0.1, -0.05) is 28.1 Å². The number of carbonyl (C=O) groups is 1. The van der Waals surface area contributed by atoms with Crippen LogP contribution in [-0.2, 0) is 11.4 Å². The van der Waals surface area contributed by atoms with Crippen LogP contribution < -0.4 is 15.0 Å². The van der Waals surface area contributed by atoms with E-state index in [1.165, 1.54) is 14.2 Å². The Labute approximate surface area is 137 Å². The zero-order chi connectivity index (χ0) is 15.9. The van der Waals surface area contributed by atoms with Crippen LogP contribution in [0.5, 0.6) is 11.5 Å². The number of rotatable bonds is 6. The van der Waals surface area contributed by atoms with Gasteiger partial charge in [-0.05, 0) is 35.9 Å². The van der Waals surface area contributed by atoms with Crippen molar-refractivity contribution in [2.24, 2.45) is 0 Å². The predicted octanol–water partition coefficient (Wildman–Crippen LogP) is 3.33. The molecule has 0 unspecified atom stereocenters. The molecule has 0 saturated carbocycles. The minimum Gasteiger partial charge on any atom is -0.493 e. The molecule has 6 heteroatoms. The highest BCUT2D eigenvalue weighted by atomic mass is 79.9. The third-order valence-electron chi connectivity index (χ3n) is 2.93. The standard InChI is InChI=1S/C16H16BrNO4/c1-20-15-9-12(16(19)18-21-2)5-8-14(15)22-10-11-3-6-13(17)7-4-11/h3-9H,10H2,1-2H3,(H,18,19). The second-order valence-electron chi connectivity index (χ2n) is 4.42. The van der Waals surface area contributed by atoms with E-state index in [-0.39, 0.29) is 5.91 Å². The molecule has 0 heterocycles. The van der Waals surface area contributed by atoms with Crippen LogP contribution in [0, 0.1) is 0 Å². The lowest BCUT2D eigenvalue weighted by atomic mass is 10.2. The van der Waals surface area contributed by atoms with Gasteiger partial charge in [0.2, 0.25) is 0 Å². The largest absolute Gasteiger partial charge is 0.493 e. The van der Waals surface area contributed by atoms with Gasteiger partial charge in [0, 0.05) is 10.0 Å². The van der Waals surface area contributed by atoms with Gasteiger partial charge in [0.15, 0.2) is 11.5 Å². The minimum absolute atomic E-state index is 0.347. The summed E-state index contributed by atoms with van der Waals surface area (Å²) in [6, 6.07) is 12.8. The molecule has 2 aromatic rings. The molecule has 0 radical (unpaired) electrons. The molecule has 0 aliphatic heterocycles. The van der Waals surface area contributed by atoms with Gasteiger partial charge in [-0.15, -0.1) is 0 Å². The molecule has 0 bridgehead atoms. The zero-order valence-corrected chi connectivity index (χ0v) is 13.8. The first-order valence-corrected chi connectivity index (χ1v) is 7.32. The van der Waals surface area contributed by atoms with Crippen LogP contribution in [0.1, 0.15) is 15.9 Å².